The molecule has 90 valence electrons. The molecular weight excluding hydrogens is 293 g/mol. The molecule has 0 spiro atoms. The van der Waals surface area contributed by atoms with Crippen molar-refractivity contribution < 1.29 is 8.42 Å². The molecule has 0 N–H and O–H groups in total. The maximum atomic E-state index is 12.0. The van der Waals surface area contributed by atoms with Crippen LogP contribution in [0.2, 0.25) is 10.0 Å². The van der Waals surface area contributed by atoms with Gasteiger partial charge in [0, 0.05) is 24.5 Å². The van der Waals surface area contributed by atoms with Gasteiger partial charge in [-0.15, -0.1) is 11.6 Å². The van der Waals surface area contributed by atoms with Crippen molar-refractivity contribution in [3.63, 3.8) is 0 Å². The summed E-state index contributed by atoms with van der Waals surface area (Å²) in [6, 6.07) is 4.31. The van der Waals surface area contributed by atoms with E-state index in [4.69, 9.17) is 34.8 Å². The molecule has 0 aliphatic heterocycles. The maximum absolute atomic E-state index is 12.0. The second-order valence-electron chi connectivity index (χ2n) is 3.09. The second-order valence-corrected chi connectivity index (χ2v) is 6.33. The molecule has 0 bridgehead atoms. The molecule has 0 aliphatic carbocycles. The van der Waals surface area contributed by atoms with Crippen molar-refractivity contribution in [2.24, 2.45) is 0 Å². The molecular formula is C9H10Cl3NO2S. The second kappa shape index (κ2) is 5.56. The van der Waals surface area contributed by atoms with E-state index in [-0.39, 0.29) is 22.3 Å². The van der Waals surface area contributed by atoms with Gasteiger partial charge >= 0.3 is 0 Å². The van der Waals surface area contributed by atoms with Crippen molar-refractivity contribution >= 4 is 44.8 Å². The van der Waals surface area contributed by atoms with Crippen molar-refractivity contribution in [3.05, 3.63) is 28.2 Å². The highest BCUT2D eigenvalue weighted by Crippen LogP contribution is 2.26. The minimum Gasteiger partial charge on any atom is -0.207 e. The van der Waals surface area contributed by atoms with Crippen LogP contribution in [0, 0.1) is 0 Å². The Morgan fingerprint density at radius 3 is 2.50 bits per heavy atom. The van der Waals surface area contributed by atoms with Crippen molar-refractivity contribution in [1.29, 1.82) is 0 Å². The highest BCUT2D eigenvalue weighted by molar-refractivity contribution is 7.89. The van der Waals surface area contributed by atoms with Crippen molar-refractivity contribution in [3.8, 4) is 0 Å². The number of hydrogen-bond acceptors (Lipinski definition) is 2. The lowest BCUT2D eigenvalue weighted by atomic mass is 10.4. The molecule has 0 aliphatic rings. The third-order valence-electron chi connectivity index (χ3n) is 1.98. The minimum atomic E-state index is -3.62. The Morgan fingerprint density at radius 1 is 1.31 bits per heavy atom. The van der Waals surface area contributed by atoms with Gasteiger partial charge in [0.2, 0.25) is 10.0 Å². The number of rotatable bonds is 4. The summed E-state index contributed by atoms with van der Waals surface area (Å²) in [4.78, 5) is -0.00529. The molecule has 1 aromatic rings. The van der Waals surface area contributed by atoms with Gasteiger partial charge in [-0.25, -0.2) is 8.42 Å². The van der Waals surface area contributed by atoms with Gasteiger partial charge < -0.3 is 0 Å². The monoisotopic (exact) mass is 301 g/mol. The summed E-state index contributed by atoms with van der Waals surface area (Å²) < 4.78 is 25.2. The summed E-state index contributed by atoms with van der Waals surface area (Å²) in [5.74, 6) is 0.216. The Bertz CT molecular complexity index is 476. The first kappa shape index (κ1) is 14.1. The molecule has 0 saturated carbocycles. The number of benzene rings is 1. The normalized spacial score (nSPS) is 12.1. The molecule has 0 saturated heterocycles. The van der Waals surface area contributed by atoms with E-state index >= 15 is 0 Å². The van der Waals surface area contributed by atoms with Crippen molar-refractivity contribution in [1.82, 2.24) is 4.31 Å². The van der Waals surface area contributed by atoms with Crippen LogP contribution in [0.15, 0.2) is 23.1 Å². The summed E-state index contributed by atoms with van der Waals surface area (Å²) in [5.41, 5.74) is 0. The zero-order valence-electron chi connectivity index (χ0n) is 8.45. The third kappa shape index (κ3) is 3.02. The van der Waals surface area contributed by atoms with Crippen LogP contribution >= 0.6 is 34.8 Å². The van der Waals surface area contributed by atoms with Crippen LogP contribution in [0.3, 0.4) is 0 Å². The van der Waals surface area contributed by atoms with Crippen LogP contribution in [0.1, 0.15) is 0 Å². The first-order chi connectivity index (χ1) is 7.39. The number of hydrogen-bond donors (Lipinski definition) is 0. The highest BCUT2D eigenvalue weighted by atomic mass is 35.5. The van der Waals surface area contributed by atoms with Gasteiger partial charge in [0.25, 0.3) is 0 Å². The number of sulfonamides is 1. The van der Waals surface area contributed by atoms with E-state index in [1.807, 2.05) is 0 Å². The van der Waals surface area contributed by atoms with Gasteiger partial charge in [0.15, 0.2) is 0 Å². The van der Waals surface area contributed by atoms with Crippen LogP contribution in [0.4, 0.5) is 0 Å². The minimum absolute atomic E-state index is 0.00529. The standard InChI is InChI=1S/C9H10Cl3NO2S/c1-13(5-4-10)16(14,15)9-6-7(11)2-3-8(9)12/h2-3,6H,4-5H2,1H3. The number of alkyl halides is 1. The van der Waals surface area contributed by atoms with Crippen LogP contribution in [-0.4, -0.2) is 32.2 Å². The fourth-order valence-electron chi connectivity index (χ4n) is 1.08. The van der Waals surface area contributed by atoms with Crippen molar-refractivity contribution in [2.45, 2.75) is 4.90 Å². The fourth-order valence-corrected chi connectivity index (χ4v) is 3.34. The summed E-state index contributed by atoms with van der Waals surface area (Å²) in [5, 5.41) is 0.466. The molecule has 0 fully saturated rings. The molecule has 1 aromatic carbocycles. The summed E-state index contributed by atoms with van der Waals surface area (Å²) in [6.07, 6.45) is 0. The smallest absolute Gasteiger partial charge is 0.207 e. The van der Waals surface area contributed by atoms with E-state index in [0.717, 1.165) is 4.31 Å². The molecule has 3 nitrogen and oxygen atoms in total. The zero-order chi connectivity index (χ0) is 12.3. The van der Waals surface area contributed by atoms with Crippen LogP contribution < -0.4 is 0 Å². The lowest BCUT2D eigenvalue weighted by Crippen LogP contribution is -2.28. The van der Waals surface area contributed by atoms with Crippen LogP contribution in [0.5, 0.6) is 0 Å². The quantitative estimate of drug-likeness (QED) is 0.802. The first-order valence-corrected chi connectivity index (χ1v) is 7.10. The Balaban J connectivity index is 3.21. The van der Waals surface area contributed by atoms with E-state index in [2.05, 4.69) is 0 Å². The van der Waals surface area contributed by atoms with Crippen LogP contribution in [0.25, 0.3) is 0 Å². The van der Waals surface area contributed by atoms with Gasteiger partial charge in [-0.1, -0.05) is 23.2 Å². The van der Waals surface area contributed by atoms with E-state index in [0.29, 0.717) is 5.02 Å². The van der Waals surface area contributed by atoms with E-state index in [1.54, 1.807) is 0 Å². The molecule has 0 atom stereocenters. The van der Waals surface area contributed by atoms with Gasteiger partial charge in [0.1, 0.15) is 4.90 Å². The van der Waals surface area contributed by atoms with E-state index in [1.165, 1.54) is 25.2 Å². The van der Waals surface area contributed by atoms with Crippen LogP contribution in [-0.2, 0) is 10.0 Å². The summed E-state index contributed by atoms with van der Waals surface area (Å²) >= 11 is 17.1. The zero-order valence-corrected chi connectivity index (χ0v) is 11.5. The average molecular weight is 303 g/mol. The number of halogens is 3. The molecule has 0 heterocycles. The molecule has 0 radical (unpaired) electrons. The predicted molar refractivity (Wildman–Crippen MR) is 67.0 cm³/mol. The van der Waals surface area contributed by atoms with E-state index < -0.39 is 10.0 Å². The molecule has 1 rings (SSSR count). The molecule has 16 heavy (non-hydrogen) atoms. The Morgan fingerprint density at radius 2 is 1.94 bits per heavy atom. The maximum Gasteiger partial charge on any atom is 0.244 e. The Labute approximate surface area is 110 Å². The molecule has 0 aromatic heterocycles. The van der Waals surface area contributed by atoms with E-state index in [9.17, 15) is 8.42 Å². The Hall–Kier alpha value is -0.000000000000000111. The van der Waals surface area contributed by atoms with Gasteiger partial charge in [0.05, 0.1) is 5.02 Å². The summed E-state index contributed by atoms with van der Waals surface area (Å²) in [7, 11) is -2.18. The fraction of sp³-hybridized carbons (Fsp3) is 0.333. The molecule has 7 heteroatoms. The lowest BCUT2D eigenvalue weighted by Gasteiger charge is -2.16. The summed E-state index contributed by atoms with van der Waals surface area (Å²) in [6.45, 7) is 0.215. The average Bonchev–Trinajstić information content (AvgIpc) is 2.22. The topological polar surface area (TPSA) is 37.4 Å². The predicted octanol–water partition coefficient (Wildman–Crippen LogP) is 2.85. The highest BCUT2D eigenvalue weighted by Gasteiger charge is 2.23. The van der Waals surface area contributed by atoms with Gasteiger partial charge in [-0.3, -0.25) is 0 Å². The largest absolute Gasteiger partial charge is 0.244 e. The SMILES string of the molecule is CN(CCCl)S(=O)(=O)c1cc(Cl)ccc1Cl. The first-order valence-electron chi connectivity index (χ1n) is 4.37. The molecule has 0 unspecified atom stereocenters. The number of nitrogens with zero attached hydrogens (tertiary/aromatic N) is 1. The third-order valence-corrected chi connectivity index (χ3v) is 4.72. The van der Waals surface area contributed by atoms with Gasteiger partial charge in [-0.2, -0.15) is 4.31 Å². The lowest BCUT2D eigenvalue weighted by molar-refractivity contribution is 0.488. The molecule has 0 amide bonds. The van der Waals surface area contributed by atoms with Gasteiger partial charge in [-0.05, 0) is 18.2 Å². The van der Waals surface area contributed by atoms with Crippen molar-refractivity contribution in [2.75, 3.05) is 19.5 Å². The Kier molecular flexibility index (Phi) is 4.88.